The zero-order chi connectivity index (χ0) is 27.3. The molecule has 200 valence electrons. The summed E-state index contributed by atoms with van der Waals surface area (Å²) in [6.07, 6.45) is -3.28. The summed E-state index contributed by atoms with van der Waals surface area (Å²) in [7, 11) is 1.98. The quantitative estimate of drug-likeness (QED) is 0.430. The number of hydrogen-bond donors (Lipinski definition) is 2. The van der Waals surface area contributed by atoms with Gasteiger partial charge in [-0.15, -0.1) is 13.2 Å². The van der Waals surface area contributed by atoms with Gasteiger partial charge in [-0.1, -0.05) is 24.3 Å². The van der Waals surface area contributed by atoms with Gasteiger partial charge in [-0.05, 0) is 48.5 Å². The summed E-state index contributed by atoms with van der Waals surface area (Å²) in [6, 6.07) is 14.3. The standard InChI is InChI=1S/C27H28F3N5O3/c1-34-10-12-35(13-11-34)17-26(37)33-22-15-20(6-8-24(22)38-27(28,29)30)23(36)14-18-2-4-19(5-3-18)21-7-9-25(31)32-16-21/h2-9,15-16H,10-14,17H2,1H3,(H2,31,32)(H,33,37). The average molecular weight is 528 g/mol. The minimum atomic E-state index is -4.95. The van der Waals surface area contributed by atoms with Crippen LogP contribution in [-0.4, -0.2) is 72.6 Å². The number of pyridine rings is 1. The molecule has 0 bridgehead atoms. The summed E-state index contributed by atoms with van der Waals surface area (Å²) >= 11 is 0. The Morgan fingerprint density at radius 3 is 2.32 bits per heavy atom. The number of carbonyl (C=O) groups is 2. The molecule has 1 fully saturated rings. The molecule has 1 aliphatic rings. The number of nitrogens with zero attached hydrogens (tertiary/aromatic N) is 3. The van der Waals surface area contributed by atoms with Crippen LogP contribution in [0.4, 0.5) is 24.7 Å². The molecular weight excluding hydrogens is 499 g/mol. The lowest BCUT2D eigenvalue weighted by Gasteiger charge is -2.31. The van der Waals surface area contributed by atoms with Gasteiger partial charge in [0.1, 0.15) is 5.82 Å². The molecule has 0 radical (unpaired) electrons. The highest BCUT2D eigenvalue weighted by Crippen LogP contribution is 2.32. The van der Waals surface area contributed by atoms with E-state index in [1.54, 1.807) is 24.4 Å². The van der Waals surface area contributed by atoms with Gasteiger partial charge in [-0.2, -0.15) is 0 Å². The third kappa shape index (κ3) is 7.53. The van der Waals surface area contributed by atoms with E-state index in [2.05, 4.69) is 19.9 Å². The van der Waals surface area contributed by atoms with Crippen LogP contribution in [0.25, 0.3) is 11.1 Å². The van der Waals surface area contributed by atoms with Gasteiger partial charge < -0.3 is 20.7 Å². The first-order valence-electron chi connectivity index (χ1n) is 12.0. The highest BCUT2D eigenvalue weighted by Gasteiger charge is 2.32. The Balaban J connectivity index is 1.47. The fraction of sp³-hybridized carbons (Fsp3) is 0.296. The zero-order valence-electron chi connectivity index (χ0n) is 20.8. The number of hydrogen-bond acceptors (Lipinski definition) is 7. The number of halogens is 3. The van der Waals surface area contributed by atoms with Gasteiger partial charge in [0.2, 0.25) is 5.91 Å². The molecule has 1 amide bonds. The first kappa shape index (κ1) is 27.1. The van der Waals surface area contributed by atoms with Crippen LogP contribution in [0.3, 0.4) is 0 Å². The maximum absolute atomic E-state index is 13.0. The Labute approximate surface area is 218 Å². The maximum atomic E-state index is 13.0. The van der Waals surface area contributed by atoms with Crippen molar-refractivity contribution in [1.82, 2.24) is 14.8 Å². The second-order valence-corrected chi connectivity index (χ2v) is 9.15. The lowest BCUT2D eigenvalue weighted by Crippen LogP contribution is -2.47. The molecule has 1 saturated heterocycles. The van der Waals surface area contributed by atoms with Crippen LogP contribution in [0.2, 0.25) is 0 Å². The number of likely N-dealkylation sites (N-methyl/N-ethyl adjacent to an activating group) is 1. The van der Waals surface area contributed by atoms with Gasteiger partial charge in [0, 0.05) is 49.9 Å². The third-order valence-corrected chi connectivity index (χ3v) is 6.20. The number of alkyl halides is 3. The molecule has 1 aromatic heterocycles. The fourth-order valence-corrected chi connectivity index (χ4v) is 4.09. The number of piperazine rings is 1. The lowest BCUT2D eigenvalue weighted by molar-refractivity contribution is -0.274. The summed E-state index contributed by atoms with van der Waals surface area (Å²) in [5.41, 5.74) is 8.05. The first-order valence-corrected chi connectivity index (χ1v) is 12.0. The molecule has 0 saturated carbocycles. The van der Waals surface area contributed by atoms with Crippen LogP contribution < -0.4 is 15.8 Å². The Morgan fingerprint density at radius 1 is 1.00 bits per heavy atom. The summed E-state index contributed by atoms with van der Waals surface area (Å²) in [5.74, 6) is -0.973. The van der Waals surface area contributed by atoms with Gasteiger partial charge in [0.15, 0.2) is 11.5 Å². The van der Waals surface area contributed by atoms with Crippen molar-refractivity contribution in [2.24, 2.45) is 0 Å². The van der Waals surface area contributed by atoms with Crippen molar-refractivity contribution in [3.63, 3.8) is 0 Å². The number of ketones is 1. The van der Waals surface area contributed by atoms with E-state index in [0.29, 0.717) is 18.9 Å². The Kier molecular flexibility index (Phi) is 8.28. The molecule has 0 atom stereocenters. The van der Waals surface area contributed by atoms with E-state index in [0.717, 1.165) is 35.8 Å². The lowest BCUT2D eigenvalue weighted by atomic mass is 9.99. The predicted octanol–water partition coefficient (Wildman–Crippen LogP) is 3.84. The molecule has 8 nitrogen and oxygen atoms in total. The Hall–Kier alpha value is -3.96. The molecule has 3 aromatic rings. The van der Waals surface area contributed by atoms with Gasteiger partial charge >= 0.3 is 6.36 Å². The molecule has 1 aliphatic heterocycles. The number of aromatic nitrogens is 1. The SMILES string of the molecule is CN1CCN(CC(=O)Nc2cc(C(=O)Cc3ccc(-c4ccc(N)nc4)cc3)ccc2OC(F)(F)F)CC1. The molecule has 2 heterocycles. The number of rotatable bonds is 8. The number of benzene rings is 2. The van der Waals surface area contributed by atoms with Gasteiger partial charge in [-0.25, -0.2) is 4.98 Å². The van der Waals surface area contributed by atoms with Crippen molar-refractivity contribution < 1.29 is 27.5 Å². The smallest absolute Gasteiger partial charge is 0.404 e. The summed E-state index contributed by atoms with van der Waals surface area (Å²) < 4.78 is 43.0. The minimum absolute atomic E-state index is 0.0212. The maximum Gasteiger partial charge on any atom is 0.573 e. The Morgan fingerprint density at radius 2 is 1.68 bits per heavy atom. The van der Waals surface area contributed by atoms with Gasteiger partial charge in [0.25, 0.3) is 0 Å². The summed E-state index contributed by atoms with van der Waals surface area (Å²) in [6.45, 7) is 2.94. The van der Waals surface area contributed by atoms with E-state index in [9.17, 15) is 22.8 Å². The molecule has 2 aromatic carbocycles. The minimum Gasteiger partial charge on any atom is -0.404 e. The van der Waals surface area contributed by atoms with Crippen molar-refractivity contribution in [3.8, 4) is 16.9 Å². The predicted molar refractivity (Wildman–Crippen MR) is 138 cm³/mol. The normalized spacial score (nSPS) is 14.7. The van der Waals surface area contributed by atoms with Crippen LogP contribution >= 0.6 is 0 Å². The summed E-state index contributed by atoms with van der Waals surface area (Å²) in [4.78, 5) is 33.7. The van der Waals surface area contributed by atoms with E-state index in [1.165, 1.54) is 12.1 Å². The van der Waals surface area contributed by atoms with Crippen LogP contribution in [0.1, 0.15) is 15.9 Å². The molecule has 11 heteroatoms. The number of Topliss-reactive ketones (excluding diaryl/α,β-unsaturated/α-hetero) is 1. The second-order valence-electron chi connectivity index (χ2n) is 9.15. The van der Waals surface area contributed by atoms with Crippen molar-refractivity contribution in [3.05, 3.63) is 71.9 Å². The molecule has 4 rings (SSSR count). The average Bonchev–Trinajstić information content (AvgIpc) is 2.86. The molecule has 0 unspecified atom stereocenters. The number of nitrogens with one attached hydrogen (secondary N) is 1. The monoisotopic (exact) mass is 527 g/mol. The summed E-state index contributed by atoms with van der Waals surface area (Å²) in [5, 5.41) is 2.49. The molecule has 3 N–H and O–H groups in total. The van der Waals surface area contributed by atoms with Crippen LogP contribution in [-0.2, 0) is 11.2 Å². The second kappa shape index (κ2) is 11.6. The molecular formula is C27H28F3N5O3. The van der Waals surface area contributed by atoms with E-state index in [4.69, 9.17) is 5.73 Å². The van der Waals surface area contributed by atoms with Crippen molar-refractivity contribution in [2.75, 3.05) is 50.8 Å². The largest absolute Gasteiger partial charge is 0.573 e. The number of nitrogens with two attached hydrogens (primary N) is 1. The highest BCUT2D eigenvalue weighted by atomic mass is 19.4. The van der Waals surface area contributed by atoms with E-state index < -0.39 is 18.0 Å². The van der Waals surface area contributed by atoms with E-state index in [-0.39, 0.29) is 30.0 Å². The number of anilines is 2. The van der Waals surface area contributed by atoms with Crippen LogP contribution in [0, 0.1) is 0 Å². The van der Waals surface area contributed by atoms with Crippen LogP contribution in [0.5, 0.6) is 5.75 Å². The number of carbonyl (C=O) groups excluding carboxylic acids is 2. The van der Waals surface area contributed by atoms with Gasteiger partial charge in [-0.3, -0.25) is 14.5 Å². The highest BCUT2D eigenvalue weighted by molar-refractivity contribution is 6.00. The Bertz CT molecular complexity index is 1270. The zero-order valence-corrected chi connectivity index (χ0v) is 20.8. The fourth-order valence-electron chi connectivity index (χ4n) is 4.09. The van der Waals surface area contributed by atoms with Crippen molar-refractivity contribution in [1.29, 1.82) is 0 Å². The van der Waals surface area contributed by atoms with Crippen molar-refractivity contribution in [2.45, 2.75) is 12.8 Å². The molecule has 0 spiro atoms. The third-order valence-electron chi connectivity index (χ3n) is 6.20. The topological polar surface area (TPSA) is 101 Å². The number of ether oxygens (including phenoxy) is 1. The van der Waals surface area contributed by atoms with Crippen LogP contribution in [0.15, 0.2) is 60.8 Å². The van der Waals surface area contributed by atoms with E-state index in [1.807, 2.05) is 30.1 Å². The van der Waals surface area contributed by atoms with Gasteiger partial charge in [0.05, 0.1) is 12.2 Å². The molecule has 0 aliphatic carbocycles. The number of amides is 1. The first-order chi connectivity index (χ1) is 18.1. The number of nitrogen functional groups attached to an aromatic ring is 1. The molecule has 38 heavy (non-hydrogen) atoms. The van der Waals surface area contributed by atoms with E-state index >= 15 is 0 Å². The van der Waals surface area contributed by atoms with Crippen molar-refractivity contribution >= 4 is 23.2 Å².